The minimum atomic E-state index is -0.0684. The molecular weight excluding hydrogens is 240 g/mol. The summed E-state index contributed by atoms with van der Waals surface area (Å²) in [6.07, 6.45) is 4.47. The molecule has 0 aliphatic carbocycles. The van der Waals surface area contributed by atoms with Gasteiger partial charge in [-0.3, -0.25) is 0 Å². The van der Waals surface area contributed by atoms with Crippen molar-refractivity contribution in [2.24, 2.45) is 0 Å². The summed E-state index contributed by atoms with van der Waals surface area (Å²) in [5.74, 6) is 1.64. The van der Waals surface area contributed by atoms with E-state index in [0.29, 0.717) is 0 Å². The summed E-state index contributed by atoms with van der Waals surface area (Å²) in [5.41, 5.74) is 1.64. The predicted octanol–water partition coefficient (Wildman–Crippen LogP) is 3.22. The Hall–Kier alpha value is -1.55. The average molecular weight is 260 g/mol. The molecule has 4 heteroatoms. The van der Waals surface area contributed by atoms with Crippen LogP contribution in [0.4, 0.5) is 0 Å². The standard InChI is InChI=1S/C15H20N2O2/c1-3-7-15(8-4-9-16-15)14-17-12-10-11(18-2)5-6-13(12)19-14/h5-6,10,16H,3-4,7-9H2,1-2H3. The maximum Gasteiger partial charge on any atom is 0.215 e. The van der Waals surface area contributed by atoms with E-state index >= 15 is 0 Å². The Morgan fingerprint density at radius 3 is 3.05 bits per heavy atom. The molecule has 1 aromatic carbocycles. The normalized spacial score (nSPS) is 23.1. The van der Waals surface area contributed by atoms with Crippen LogP contribution in [0, 0.1) is 0 Å². The molecule has 19 heavy (non-hydrogen) atoms. The van der Waals surface area contributed by atoms with E-state index in [-0.39, 0.29) is 5.54 Å². The summed E-state index contributed by atoms with van der Waals surface area (Å²) < 4.78 is 11.2. The number of aromatic nitrogens is 1. The van der Waals surface area contributed by atoms with Gasteiger partial charge in [-0.05, 0) is 37.9 Å². The van der Waals surface area contributed by atoms with Gasteiger partial charge in [-0.2, -0.15) is 0 Å². The molecule has 102 valence electrons. The van der Waals surface area contributed by atoms with Crippen LogP contribution >= 0.6 is 0 Å². The van der Waals surface area contributed by atoms with Gasteiger partial charge in [-0.1, -0.05) is 13.3 Å². The molecule has 1 N–H and O–H groups in total. The minimum Gasteiger partial charge on any atom is -0.497 e. The molecule has 1 aromatic heterocycles. The van der Waals surface area contributed by atoms with E-state index < -0.39 is 0 Å². The van der Waals surface area contributed by atoms with Gasteiger partial charge in [0.1, 0.15) is 11.3 Å². The minimum absolute atomic E-state index is 0.0684. The highest BCUT2D eigenvalue weighted by atomic mass is 16.5. The fraction of sp³-hybridized carbons (Fsp3) is 0.533. The van der Waals surface area contributed by atoms with Crippen LogP contribution in [0.1, 0.15) is 38.5 Å². The fourth-order valence-electron chi connectivity index (χ4n) is 2.97. The lowest BCUT2D eigenvalue weighted by atomic mass is 9.92. The summed E-state index contributed by atoms with van der Waals surface area (Å²) in [6, 6.07) is 5.77. The number of oxazole rings is 1. The second-order valence-corrected chi connectivity index (χ2v) is 5.22. The number of methoxy groups -OCH3 is 1. The molecule has 1 aliphatic heterocycles. The van der Waals surface area contributed by atoms with E-state index in [1.807, 2.05) is 18.2 Å². The van der Waals surface area contributed by atoms with Crippen LogP contribution in [0.2, 0.25) is 0 Å². The molecule has 0 amide bonds. The molecule has 1 unspecified atom stereocenters. The van der Waals surface area contributed by atoms with Gasteiger partial charge in [-0.25, -0.2) is 4.98 Å². The Labute approximate surface area is 113 Å². The Kier molecular flexibility index (Phi) is 3.19. The van der Waals surface area contributed by atoms with Gasteiger partial charge in [0.15, 0.2) is 5.58 Å². The molecule has 4 nitrogen and oxygen atoms in total. The van der Waals surface area contributed by atoms with Crippen LogP contribution < -0.4 is 10.1 Å². The van der Waals surface area contributed by atoms with Crippen LogP contribution in [-0.4, -0.2) is 18.6 Å². The summed E-state index contributed by atoms with van der Waals surface area (Å²) in [7, 11) is 1.67. The van der Waals surface area contributed by atoms with Gasteiger partial charge in [0.25, 0.3) is 0 Å². The third-order valence-corrected chi connectivity index (χ3v) is 3.92. The van der Waals surface area contributed by atoms with E-state index in [0.717, 1.165) is 48.5 Å². The number of hydrogen-bond acceptors (Lipinski definition) is 4. The Morgan fingerprint density at radius 1 is 1.47 bits per heavy atom. The second-order valence-electron chi connectivity index (χ2n) is 5.22. The van der Waals surface area contributed by atoms with Gasteiger partial charge in [0.05, 0.1) is 12.6 Å². The average Bonchev–Trinajstić information content (AvgIpc) is 3.05. The number of rotatable bonds is 4. The van der Waals surface area contributed by atoms with Gasteiger partial charge in [-0.15, -0.1) is 0 Å². The highest BCUT2D eigenvalue weighted by molar-refractivity contribution is 5.74. The molecule has 1 aliphatic rings. The van der Waals surface area contributed by atoms with Gasteiger partial charge < -0.3 is 14.5 Å². The number of hydrogen-bond donors (Lipinski definition) is 1. The van der Waals surface area contributed by atoms with Gasteiger partial charge >= 0.3 is 0 Å². The molecule has 2 aromatic rings. The highest BCUT2D eigenvalue weighted by Crippen LogP contribution is 2.36. The zero-order chi connectivity index (χ0) is 13.3. The quantitative estimate of drug-likeness (QED) is 0.917. The van der Waals surface area contributed by atoms with E-state index in [2.05, 4.69) is 17.2 Å². The number of ether oxygens (including phenoxy) is 1. The molecule has 1 fully saturated rings. The summed E-state index contributed by atoms with van der Waals surface area (Å²) >= 11 is 0. The first-order chi connectivity index (χ1) is 9.27. The van der Waals surface area contributed by atoms with E-state index in [1.54, 1.807) is 7.11 Å². The Balaban J connectivity index is 2.03. The molecule has 1 saturated heterocycles. The van der Waals surface area contributed by atoms with Crippen molar-refractivity contribution in [1.82, 2.24) is 10.3 Å². The van der Waals surface area contributed by atoms with Crippen LogP contribution in [0.25, 0.3) is 11.1 Å². The first-order valence-corrected chi connectivity index (χ1v) is 6.97. The zero-order valence-corrected chi connectivity index (χ0v) is 11.5. The lowest BCUT2D eigenvalue weighted by Crippen LogP contribution is -2.36. The van der Waals surface area contributed by atoms with Crippen LogP contribution in [0.3, 0.4) is 0 Å². The van der Waals surface area contributed by atoms with Crippen LogP contribution in [0.15, 0.2) is 22.6 Å². The Morgan fingerprint density at radius 2 is 2.37 bits per heavy atom. The first kappa shape index (κ1) is 12.5. The van der Waals surface area contributed by atoms with Crippen LogP contribution in [0.5, 0.6) is 5.75 Å². The van der Waals surface area contributed by atoms with E-state index in [9.17, 15) is 0 Å². The monoisotopic (exact) mass is 260 g/mol. The van der Waals surface area contributed by atoms with Crippen molar-refractivity contribution in [2.75, 3.05) is 13.7 Å². The van der Waals surface area contributed by atoms with Gasteiger partial charge in [0, 0.05) is 6.07 Å². The fourth-order valence-corrected chi connectivity index (χ4v) is 2.97. The molecule has 0 bridgehead atoms. The Bertz CT molecular complexity index is 571. The molecule has 0 saturated carbocycles. The molecule has 2 heterocycles. The van der Waals surface area contributed by atoms with E-state index in [1.165, 1.54) is 6.42 Å². The lowest BCUT2D eigenvalue weighted by molar-refractivity contribution is 0.279. The molecular formula is C15H20N2O2. The topological polar surface area (TPSA) is 47.3 Å². The number of nitrogens with one attached hydrogen (secondary N) is 1. The van der Waals surface area contributed by atoms with E-state index in [4.69, 9.17) is 9.15 Å². The first-order valence-electron chi connectivity index (χ1n) is 6.97. The lowest BCUT2D eigenvalue weighted by Gasteiger charge is -2.25. The zero-order valence-electron chi connectivity index (χ0n) is 11.5. The maximum absolute atomic E-state index is 5.98. The van der Waals surface area contributed by atoms with Crippen molar-refractivity contribution in [3.05, 3.63) is 24.1 Å². The van der Waals surface area contributed by atoms with Crippen molar-refractivity contribution >= 4 is 11.1 Å². The van der Waals surface area contributed by atoms with Gasteiger partial charge in [0.2, 0.25) is 5.89 Å². The third-order valence-electron chi connectivity index (χ3n) is 3.92. The van der Waals surface area contributed by atoms with Crippen molar-refractivity contribution in [1.29, 1.82) is 0 Å². The second kappa shape index (κ2) is 4.85. The van der Waals surface area contributed by atoms with Crippen molar-refractivity contribution in [3.63, 3.8) is 0 Å². The molecule has 3 rings (SSSR count). The van der Waals surface area contributed by atoms with Crippen molar-refractivity contribution < 1.29 is 9.15 Å². The predicted molar refractivity (Wildman–Crippen MR) is 74.4 cm³/mol. The number of fused-ring (bicyclic) bond motifs is 1. The number of benzene rings is 1. The summed E-state index contributed by atoms with van der Waals surface area (Å²) in [5, 5.41) is 3.59. The van der Waals surface area contributed by atoms with Crippen molar-refractivity contribution in [2.45, 2.75) is 38.1 Å². The maximum atomic E-state index is 5.98. The highest BCUT2D eigenvalue weighted by Gasteiger charge is 2.39. The molecule has 1 atom stereocenters. The number of nitrogens with zero attached hydrogens (tertiary/aromatic N) is 1. The summed E-state index contributed by atoms with van der Waals surface area (Å²) in [4.78, 5) is 4.68. The van der Waals surface area contributed by atoms with Crippen molar-refractivity contribution in [3.8, 4) is 5.75 Å². The molecule has 0 radical (unpaired) electrons. The molecule has 0 spiro atoms. The SMILES string of the molecule is CCCC1(c2nc3cc(OC)ccc3o2)CCCN1. The summed E-state index contributed by atoms with van der Waals surface area (Å²) in [6.45, 7) is 3.25. The third kappa shape index (κ3) is 2.10. The smallest absolute Gasteiger partial charge is 0.215 e. The largest absolute Gasteiger partial charge is 0.497 e. The van der Waals surface area contributed by atoms with Crippen LogP contribution in [-0.2, 0) is 5.54 Å².